The van der Waals surface area contributed by atoms with Crippen molar-refractivity contribution in [3.05, 3.63) is 277 Å². The van der Waals surface area contributed by atoms with Crippen molar-refractivity contribution in [2.24, 2.45) is 0 Å². The molecule has 0 saturated heterocycles. The average Bonchev–Trinajstić information content (AvgIpc) is 3.86. The molecule has 11 aromatic rings. The van der Waals surface area contributed by atoms with Crippen molar-refractivity contribution in [1.29, 1.82) is 0 Å². The van der Waals surface area contributed by atoms with E-state index in [2.05, 4.69) is 264 Å². The summed E-state index contributed by atoms with van der Waals surface area (Å²) in [5.41, 5.74) is 18.9. The molecule has 2 heteroatoms. The molecular formula is C61H42N2. The maximum absolute atomic E-state index is 2.44. The highest BCUT2D eigenvalue weighted by Crippen LogP contribution is 2.57. The lowest BCUT2D eigenvalue weighted by Gasteiger charge is -2.35. The third kappa shape index (κ3) is 5.95. The Kier molecular flexibility index (Phi) is 8.76. The minimum absolute atomic E-state index is 0.482. The zero-order chi connectivity index (χ0) is 41.7. The van der Waals surface area contributed by atoms with E-state index in [-0.39, 0.29) is 0 Å². The van der Waals surface area contributed by atoms with Crippen LogP contribution in [-0.4, -0.2) is 4.57 Å². The van der Waals surface area contributed by atoms with Gasteiger partial charge in [-0.15, -0.1) is 0 Å². The molecule has 0 atom stereocenters. The average molecular weight is 803 g/mol. The minimum atomic E-state index is -0.482. The van der Waals surface area contributed by atoms with Crippen LogP contribution < -0.4 is 4.90 Å². The van der Waals surface area contributed by atoms with Gasteiger partial charge in [-0.3, -0.25) is 0 Å². The first-order chi connectivity index (χ1) is 31.3. The van der Waals surface area contributed by atoms with Gasteiger partial charge in [-0.1, -0.05) is 188 Å². The van der Waals surface area contributed by atoms with E-state index in [9.17, 15) is 0 Å². The Morgan fingerprint density at radius 3 is 1.51 bits per heavy atom. The fourth-order valence-electron chi connectivity index (χ4n) is 10.3. The number of benzene rings is 10. The first-order valence-corrected chi connectivity index (χ1v) is 21.8. The zero-order valence-corrected chi connectivity index (χ0v) is 34.6. The summed E-state index contributed by atoms with van der Waals surface area (Å²) in [7, 11) is 0. The van der Waals surface area contributed by atoms with Crippen LogP contribution in [0.25, 0.3) is 60.9 Å². The highest BCUT2D eigenvalue weighted by Gasteiger charge is 2.46. The second-order valence-corrected chi connectivity index (χ2v) is 16.5. The number of rotatable bonds is 8. The lowest BCUT2D eigenvalue weighted by molar-refractivity contribution is 0.768. The molecule has 0 spiro atoms. The molecule has 0 fully saturated rings. The molecule has 0 bridgehead atoms. The van der Waals surface area contributed by atoms with Gasteiger partial charge < -0.3 is 9.47 Å². The number of anilines is 3. The second kappa shape index (κ2) is 15.1. The highest BCUT2D eigenvalue weighted by molar-refractivity contribution is 6.10. The Balaban J connectivity index is 0.958. The molecule has 0 aliphatic heterocycles. The first-order valence-electron chi connectivity index (χ1n) is 21.8. The minimum Gasteiger partial charge on any atom is -0.310 e. The summed E-state index contributed by atoms with van der Waals surface area (Å²) >= 11 is 0. The van der Waals surface area contributed by atoms with Gasteiger partial charge in [0.2, 0.25) is 0 Å². The van der Waals surface area contributed by atoms with Crippen LogP contribution in [0, 0.1) is 0 Å². The molecule has 1 aliphatic rings. The fourth-order valence-corrected chi connectivity index (χ4v) is 10.3. The normalized spacial score (nSPS) is 12.6. The van der Waals surface area contributed by atoms with Gasteiger partial charge in [-0.05, 0) is 122 Å². The molecule has 1 aromatic heterocycles. The van der Waals surface area contributed by atoms with E-state index in [1.165, 1.54) is 77.4 Å². The number of hydrogen-bond acceptors (Lipinski definition) is 1. The fraction of sp³-hybridized carbons (Fsp3) is 0.0164. The van der Waals surface area contributed by atoms with Crippen LogP contribution in [0.5, 0.6) is 0 Å². The molecule has 0 amide bonds. The lowest BCUT2D eigenvalue weighted by atomic mass is 9.67. The van der Waals surface area contributed by atoms with Gasteiger partial charge in [0.25, 0.3) is 0 Å². The summed E-state index contributed by atoms with van der Waals surface area (Å²) in [5, 5.41) is 2.49. The van der Waals surface area contributed by atoms with E-state index >= 15 is 0 Å². The van der Waals surface area contributed by atoms with Crippen LogP contribution in [-0.2, 0) is 5.41 Å². The summed E-state index contributed by atoms with van der Waals surface area (Å²) in [6, 6.07) is 93.1. The number of hydrogen-bond donors (Lipinski definition) is 0. The third-order valence-electron chi connectivity index (χ3n) is 13.1. The van der Waals surface area contributed by atoms with Gasteiger partial charge in [0.05, 0.1) is 16.4 Å². The molecular weight excluding hydrogens is 761 g/mol. The topological polar surface area (TPSA) is 8.17 Å². The smallest absolute Gasteiger partial charge is 0.0714 e. The van der Waals surface area contributed by atoms with Gasteiger partial charge in [-0.2, -0.15) is 0 Å². The molecule has 10 aromatic carbocycles. The summed E-state index contributed by atoms with van der Waals surface area (Å²) in [6.07, 6.45) is 0. The Bertz CT molecular complexity index is 3370. The van der Waals surface area contributed by atoms with Crippen LogP contribution >= 0.6 is 0 Å². The summed E-state index contributed by atoms with van der Waals surface area (Å²) in [6.45, 7) is 0. The number of para-hydroxylation sites is 2. The van der Waals surface area contributed by atoms with E-state index in [0.29, 0.717) is 0 Å². The number of fused-ring (bicyclic) bond motifs is 6. The lowest BCUT2D eigenvalue weighted by Crippen LogP contribution is -2.28. The van der Waals surface area contributed by atoms with Crippen molar-refractivity contribution in [2.75, 3.05) is 4.90 Å². The van der Waals surface area contributed by atoms with Crippen molar-refractivity contribution < 1.29 is 0 Å². The molecule has 296 valence electrons. The maximum atomic E-state index is 2.44. The molecule has 0 unspecified atom stereocenters. The molecule has 0 N–H and O–H groups in total. The van der Waals surface area contributed by atoms with Crippen LogP contribution in [0.2, 0.25) is 0 Å². The molecule has 0 radical (unpaired) electrons. The van der Waals surface area contributed by atoms with Crippen molar-refractivity contribution in [3.63, 3.8) is 0 Å². The van der Waals surface area contributed by atoms with E-state index < -0.39 is 5.41 Å². The second-order valence-electron chi connectivity index (χ2n) is 16.5. The van der Waals surface area contributed by atoms with E-state index in [1.54, 1.807) is 0 Å². The number of nitrogens with zero attached hydrogens (tertiary/aromatic N) is 2. The van der Waals surface area contributed by atoms with Crippen LogP contribution in [0.1, 0.15) is 22.3 Å². The van der Waals surface area contributed by atoms with Crippen LogP contribution in [0.4, 0.5) is 17.1 Å². The summed E-state index contributed by atoms with van der Waals surface area (Å²) in [4.78, 5) is 2.40. The third-order valence-corrected chi connectivity index (χ3v) is 13.1. The summed E-state index contributed by atoms with van der Waals surface area (Å²) < 4.78 is 2.39. The quantitative estimate of drug-likeness (QED) is 0.149. The Morgan fingerprint density at radius 2 is 0.794 bits per heavy atom. The van der Waals surface area contributed by atoms with Crippen molar-refractivity contribution >= 4 is 38.9 Å². The van der Waals surface area contributed by atoms with Gasteiger partial charge in [0, 0.05) is 33.5 Å². The molecule has 12 rings (SSSR count). The largest absolute Gasteiger partial charge is 0.310 e. The molecule has 1 aliphatic carbocycles. The molecule has 2 nitrogen and oxygen atoms in total. The van der Waals surface area contributed by atoms with Crippen LogP contribution in [0.3, 0.4) is 0 Å². The summed E-state index contributed by atoms with van der Waals surface area (Å²) in [5.74, 6) is 0. The first kappa shape index (κ1) is 36.6. The van der Waals surface area contributed by atoms with E-state index in [1.807, 2.05) is 0 Å². The predicted molar refractivity (Wildman–Crippen MR) is 264 cm³/mol. The van der Waals surface area contributed by atoms with E-state index in [0.717, 1.165) is 22.7 Å². The zero-order valence-electron chi connectivity index (χ0n) is 34.6. The Morgan fingerprint density at radius 1 is 0.302 bits per heavy atom. The maximum Gasteiger partial charge on any atom is 0.0714 e. The van der Waals surface area contributed by atoms with Crippen molar-refractivity contribution in [2.45, 2.75) is 5.41 Å². The molecule has 0 saturated carbocycles. The number of aromatic nitrogens is 1. The Hall–Kier alpha value is -8.20. The van der Waals surface area contributed by atoms with Gasteiger partial charge in [0.15, 0.2) is 0 Å². The molecule has 63 heavy (non-hydrogen) atoms. The monoisotopic (exact) mass is 802 g/mol. The van der Waals surface area contributed by atoms with Gasteiger partial charge in [-0.25, -0.2) is 0 Å². The van der Waals surface area contributed by atoms with Gasteiger partial charge >= 0.3 is 0 Å². The van der Waals surface area contributed by atoms with Crippen LogP contribution in [0.15, 0.2) is 255 Å². The van der Waals surface area contributed by atoms with Crippen molar-refractivity contribution in [1.82, 2.24) is 4.57 Å². The van der Waals surface area contributed by atoms with Crippen molar-refractivity contribution in [3.8, 4) is 39.1 Å². The predicted octanol–water partition coefficient (Wildman–Crippen LogP) is 16.0. The standard InChI is InChI=1S/C61H42N2/c1-5-17-43(18-6-1)44-29-36-51(37-30-44)63-59-28-16-14-26-55(59)56-41-46(33-40-60(56)63)45-31-34-50(35-32-45)62(49-23-11-4-12-24-49)52-38-39-54-53-25-13-15-27-57(53)61(58(54)42-52,47-19-7-2-8-20-47)48-21-9-3-10-22-48/h1-42H. The Labute approximate surface area is 368 Å². The molecule has 1 heterocycles. The SMILES string of the molecule is c1ccc(-c2ccc(-n3c4ccccc4c4cc(-c5ccc(N(c6ccccc6)c6ccc7c(c6)C(c6ccccc6)(c6ccccc6)c6ccccc6-7)cc5)ccc43)cc2)cc1. The van der Waals surface area contributed by atoms with E-state index in [4.69, 9.17) is 0 Å². The highest BCUT2D eigenvalue weighted by atomic mass is 15.1. The van der Waals surface area contributed by atoms with Gasteiger partial charge in [0.1, 0.15) is 0 Å².